The number of anilines is 1. The summed E-state index contributed by atoms with van der Waals surface area (Å²) in [5.74, 6) is 0.133. The zero-order chi connectivity index (χ0) is 12.3. The fraction of sp³-hybridized carbons (Fsp3) is 0.300. The van der Waals surface area contributed by atoms with Crippen LogP contribution >= 0.6 is 0 Å². The fourth-order valence-corrected chi connectivity index (χ4v) is 1.39. The first kappa shape index (κ1) is 12.0. The number of nitro groups is 1. The lowest BCUT2D eigenvalue weighted by molar-refractivity contribution is -0.384. The maximum absolute atomic E-state index is 11.0. The number of carbonyl (C=O) groups is 1. The molecule has 0 unspecified atom stereocenters. The third-order valence-corrected chi connectivity index (χ3v) is 2.11. The van der Waals surface area contributed by atoms with Crippen LogP contribution in [0, 0.1) is 17.0 Å². The highest BCUT2D eigenvalue weighted by atomic mass is 16.6. The summed E-state index contributed by atoms with van der Waals surface area (Å²) < 4.78 is 5.03. The van der Waals surface area contributed by atoms with E-state index in [9.17, 15) is 14.9 Å². The molecule has 1 amide bonds. The second-order valence-electron chi connectivity index (χ2n) is 3.23. The summed E-state index contributed by atoms with van der Waals surface area (Å²) in [5, 5.41) is 13.2. The van der Waals surface area contributed by atoms with Gasteiger partial charge in [-0.05, 0) is 13.0 Å². The molecule has 1 rings (SSSR count). The average molecular weight is 224 g/mol. The maximum atomic E-state index is 11.0. The van der Waals surface area contributed by atoms with E-state index in [1.807, 2.05) is 0 Å². The lowest BCUT2D eigenvalue weighted by Crippen LogP contribution is -2.10. The molecule has 0 aliphatic rings. The Morgan fingerprint density at radius 3 is 2.56 bits per heavy atom. The Bertz CT molecular complexity index is 443. The number of hydrogen-bond donors (Lipinski definition) is 1. The average Bonchev–Trinajstić information content (AvgIpc) is 2.19. The van der Waals surface area contributed by atoms with Crippen LogP contribution in [-0.4, -0.2) is 17.9 Å². The molecule has 16 heavy (non-hydrogen) atoms. The van der Waals surface area contributed by atoms with E-state index in [0.29, 0.717) is 11.3 Å². The van der Waals surface area contributed by atoms with E-state index in [-0.39, 0.29) is 17.3 Å². The molecule has 0 heterocycles. The molecule has 1 aromatic rings. The highest BCUT2D eigenvalue weighted by Crippen LogP contribution is 2.34. The number of rotatable bonds is 3. The van der Waals surface area contributed by atoms with Crippen LogP contribution in [0.4, 0.5) is 11.4 Å². The van der Waals surface area contributed by atoms with Crippen molar-refractivity contribution in [3.05, 3.63) is 27.8 Å². The summed E-state index contributed by atoms with van der Waals surface area (Å²) in [4.78, 5) is 21.2. The lowest BCUT2D eigenvalue weighted by Gasteiger charge is -2.10. The first-order chi connectivity index (χ1) is 7.47. The molecule has 1 N–H and O–H groups in total. The quantitative estimate of drug-likeness (QED) is 0.627. The van der Waals surface area contributed by atoms with Crippen LogP contribution < -0.4 is 10.1 Å². The van der Waals surface area contributed by atoms with Crippen LogP contribution in [0.2, 0.25) is 0 Å². The Morgan fingerprint density at radius 2 is 2.12 bits per heavy atom. The molecule has 6 nitrogen and oxygen atoms in total. The summed E-state index contributed by atoms with van der Waals surface area (Å²) >= 11 is 0. The topological polar surface area (TPSA) is 81.5 Å². The van der Waals surface area contributed by atoms with Crippen LogP contribution in [0.5, 0.6) is 5.75 Å². The number of methoxy groups -OCH3 is 1. The van der Waals surface area contributed by atoms with Gasteiger partial charge >= 0.3 is 0 Å². The Balaban J connectivity index is 3.36. The van der Waals surface area contributed by atoms with Crippen molar-refractivity contribution in [1.82, 2.24) is 0 Å². The van der Waals surface area contributed by atoms with Crippen molar-refractivity contribution < 1.29 is 14.5 Å². The molecule has 0 aliphatic heterocycles. The third kappa shape index (κ3) is 2.28. The first-order valence-electron chi connectivity index (χ1n) is 4.57. The molecule has 0 bridgehead atoms. The van der Waals surface area contributed by atoms with Crippen LogP contribution in [0.1, 0.15) is 12.5 Å². The van der Waals surface area contributed by atoms with Crippen molar-refractivity contribution in [3.8, 4) is 5.75 Å². The standard InChI is InChI=1S/C10H12N2O4/c1-6-9(16-3)5-4-8(12(14)15)10(6)11-7(2)13/h4-5H,1-3H3,(H,11,13). The van der Waals surface area contributed by atoms with E-state index in [2.05, 4.69) is 5.32 Å². The first-order valence-corrected chi connectivity index (χ1v) is 4.57. The van der Waals surface area contributed by atoms with Crippen molar-refractivity contribution in [2.75, 3.05) is 12.4 Å². The molecule has 0 saturated carbocycles. The van der Waals surface area contributed by atoms with Gasteiger partial charge in [-0.3, -0.25) is 14.9 Å². The smallest absolute Gasteiger partial charge is 0.293 e. The van der Waals surface area contributed by atoms with Gasteiger partial charge in [-0.2, -0.15) is 0 Å². The second kappa shape index (κ2) is 4.61. The zero-order valence-corrected chi connectivity index (χ0v) is 9.23. The van der Waals surface area contributed by atoms with Gasteiger partial charge in [0, 0.05) is 18.6 Å². The van der Waals surface area contributed by atoms with Gasteiger partial charge in [0.25, 0.3) is 5.69 Å². The van der Waals surface area contributed by atoms with Crippen LogP contribution in [0.25, 0.3) is 0 Å². The molecule has 0 spiro atoms. The number of benzene rings is 1. The van der Waals surface area contributed by atoms with Gasteiger partial charge in [-0.15, -0.1) is 0 Å². The monoisotopic (exact) mass is 224 g/mol. The number of nitro benzene ring substituents is 1. The number of nitrogens with zero attached hydrogens (tertiary/aromatic N) is 1. The summed E-state index contributed by atoms with van der Waals surface area (Å²) in [5.41, 5.74) is 0.567. The molecule has 86 valence electrons. The van der Waals surface area contributed by atoms with Gasteiger partial charge in [0.1, 0.15) is 11.4 Å². The van der Waals surface area contributed by atoms with Gasteiger partial charge in [-0.1, -0.05) is 0 Å². The molecule has 1 aromatic carbocycles. The predicted octanol–water partition coefficient (Wildman–Crippen LogP) is 1.87. The Kier molecular flexibility index (Phi) is 3.44. The number of nitrogens with one attached hydrogen (secondary N) is 1. The van der Waals surface area contributed by atoms with Gasteiger partial charge in [0.2, 0.25) is 5.91 Å². The minimum Gasteiger partial charge on any atom is -0.496 e. The second-order valence-corrected chi connectivity index (χ2v) is 3.23. The number of carbonyl (C=O) groups excluding carboxylic acids is 1. The van der Waals surface area contributed by atoms with Gasteiger partial charge in [-0.25, -0.2) is 0 Å². The van der Waals surface area contributed by atoms with Crippen LogP contribution in [0.15, 0.2) is 12.1 Å². The Labute approximate surface area is 92.4 Å². The highest BCUT2D eigenvalue weighted by molar-refractivity contribution is 5.93. The molecule has 0 atom stereocenters. The highest BCUT2D eigenvalue weighted by Gasteiger charge is 2.19. The normalized spacial score (nSPS) is 9.69. The molecule has 6 heteroatoms. The number of hydrogen-bond acceptors (Lipinski definition) is 4. The van der Waals surface area contributed by atoms with E-state index >= 15 is 0 Å². The summed E-state index contributed by atoms with van der Waals surface area (Å²) in [6, 6.07) is 2.80. The SMILES string of the molecule is COc1ccc([N+](=O)[O-])c(NC(C)=O)c1C. The van der Waals surface area contributed by atoms with E-state index in [1.165, 1.54) is 26.2 Å². The molecular formula is C10H12N2O4. The molecule has 0 aliphatic carbocycles. The van der Waals surface area contributed by atoms with E-state index in [1.54, 1.807) is 6.92 Å². The summed E-state index contributed by atoms with van der Waals surface area (Å²) in [6.45, 7) is 2.94. The third-order valence-electron chi connectivity index (χ3n) is 2.11. The van der Waals surface area contributed by atoms with Crippen LogP contribution in [-0.2, 0) is 4.79 Å². The molecule has 0 saturated heterocycles. The van der Waals surface area contributed by atoms with Gasteiger partial charge in [0.15, 0.2) is 0 Å². The van der Waals surface area contributed by atoms with E-state index in [0.717, 1.165) is 0 Å². The Hall–Kier alpha value is -2.11. The van der Waals surface area contributed by atoms with Gasteiger partial charge < -0.3 is 10.1 Å². The largest absolute Gasteiger partial charge is 0.496 e. The molecule has 0 fully saturated rings. The van der Waals surface area contributed by atoms with Crippen molar-refractivity contribution in [3.63, 3.8) is 0 Å². The fourth-order valence-electron chi connectivity index (χ4n) is 1.39. The summed E-state index contributed by atoms with van der Waals surface area (Å²) in [7, 11) is 1.46. The van der Waals surface area contributed by atoms with Crippen molar-refractivity contribution in [2.45, 2.75) is 13.8 Å². The minimum atomic E-state index is -0.544. The zero-order valence-electron chi connectivity index (χ0n) is 9.23. The molecular weight excluding hydrogens is 212 g/mol. The van der Waals surface area contributed by atoms with Gasteiger partial charge in [0.05, 0.1) is 12.0 Å². The number of ether oxygens (including phenoxy) is 1. The Morgan fingerprint density at radius 1 is 1.50 bits per heavy atom. The van der Waals surface area contributed by atoms with E-state index < -0.39 is 4.92 Å². The van der Waals surface area contributed by atoms with Crippen molar-refractivity contribution in [2.24, 2.45) is 0 Å². The molecule has 0 aromatic heterocycles. The van der Waals surface area contributed by atoms with Crippen LogP contribution in [0.3, 0.4) is 0 Å². The minimum absolute atomic E-state index is 0.145. The van der Waals surface area contributed by atoms with Crippen molar-refractivity contribution >= 4 is 17.3 Å². The van der Waals surface area contributed by atoms with E-state index in [4.69, 9.17) is 4.74 Å². The molecule has 0 radical (unpaired) electrons. The number of amides is 1. The van der Waals surface area contributed by atoms with Crippen molar-refractivity contribution in [1.29, 1.82) is 0 Å². The predicted molar refractivity (Wildman–Crippen MR) is 58.7 cm³/mol. The lowest BCUT2D eigenvalue weighted by atomic mass is 10.1. The maximum Gasteiger partial charge on any atom is 0.293 e. The summed E-state index contributed by atoms with van der Waals surface area (Å²) in [6.07, 6.45) is 0.